The Morgan fingerprint density at radius 2 is 1.24 bits per heavy atom. The summed E-state index contributed by atoms with van der Waals surface area (Å²) in [5, 5.41) is 0. The lowest BCUT2D eigenvalue weighted by Crippen LogP contribution is -2.16. The predicted molar refractivity (Wildman–Crippen MR) is 105 cm³/mol. The highest BCUT2D eigenvalue weighted by Crippen LogP contribution is 2.55. The fraction of sp³-hybridized carbons (Fsp3) is 1.00. The average molecular weight is 422 g/mol. The van der Waals surface area contributed by atoms with Crippen LogP contribution in [0, 0.1) is 0 Å². The molecule has 0 rings (SSSR count). The van der Waals surface area contributed by atoms with E-state index >= 15 is 0 Å². The van der Waals surface area contributed by atoms with Crippen LogP contribution in [0.4, 0.5) is 0 Å². The monoisotopic (exact) mass is 422 g/mol. The molecule has 4 N–H and O–H groups in total. The van der Waals surface area contributed by atoms with Crippen LogP contribution in [0.1, 0.15) is 66.2 Å². The first-order valence-electron chi connectivity index (χ1n) is 9.02. The van der Waals surface area contributed by atoms with Crippen LogP contribution in [0.5, 0.6) is 0 Å². The molecule has 0 bridgehead atoms. The van der Waals surface area contributed by atoms with Gasteiger partial charge in [0.25, 0.3) is 0 Å². The molecule has 0 spiro atoms. The molecule has 0 aliphatic carbocycles. The maximum Gasteiger partial charge on any atom is 0.325 e. The molecule has 0 saturated heterocycles. The van der Waals surface area contributed by atoms with Gasteiger partial charge in [-0.15, -0.1) is 0 Å². The van der Waals surface area contributed by atoms with E-state index in [2.05, 4.69) is 0 Å². The smallest absolute Gasteiger partial charge is 0.325 e. The maximum atomic E-state index is 12.0. The van der Waals surface area contributed by atoms with Gasteiger partial charge in [0.2, 0.25) is 14.7 Å². The largest absolute Gasteiger partial charge is 0.344 e. The summed E-state index contributed by atoms with van der Waals surface area (Å²) < 4.78 is 33.9. The fourth-order valence-corrected chi connectivity index (χ4v) is 8.18. The zero-order valence-corrected chi connectivity index (χ0v) is 18.7. The van der Waals surface area contributed by atoms with E-state index in [9.17, 15) is 23.5 Å². The third kappa shape index (κ3) is 16.4. The van der Waals surface area contributed by atoms with E-state index in [1.54, 1.807) is 6.92 Å². The van der Waals surface area contributed by atoms with Crippen LogP contribution in [0.2, 0.25) is 0 Å². The topological polar surface area (TPSA) is 132 Å². The van der Waals surface area contributed by atoms with Gasteiger partial charge in [0.05, 0.1) is 0 Å². The molecule has 154 valence electrons. The minimum absolute atomic E-state index is 0.00881. The second-order valence-electron chi connectivity index (χ2n) is 6.39. The van der Waals surface area contributed by atoms with E-state index in [1.165, 1.54) is 0 Å². The molecule has 0 aromatic heterocycles. The van der Waals surface area contributed by atoms with Gasteiger partial charge in [0.1, 0.15) is 0 Å². The lowest BCUT2D eigenvalue weighted by atomic mass is 10.3. The molecule has 7 nitrogen and oxygen atoms in total. The van der Waals surface area contributed by atoms with Crippen LogP contribution < -0.4 is 0 Å². The summed E-state index contributed by atoms with van der Waals surface area (Å²) in [4.78, 5) is 36.2. The Kier molecular flexibility index (Phi) is 15.2. The molecule has 10 heteroatoms. The van der Waals surface area contributed by atoms with E-state index in [0.717, 1.165) is 12.8 Å². The van der Waals surface area contributed by atoms with Crippen LogP contribution in [-0.2, 0) is 13.7 Å². The third-order valence-corrected chi connectivity index (χ3v) is 9.83. The molecule has 25 heavy (non-hydrogen) atoms. The first-order valence-corrected chi connectivity index (χ1v) is 14.8. The minimum Gasteiger partial charge on any atom is -0.344 e. The lowest BCUT2D eigenvalue weighted by molar-refractivity contribution is 0.371. The molecule has 0 fully saturated rings. The Hall–Kier alpha value is 0.530. The molecule has 0 aromatic rings. The predicted octanol–water partition coefficient (Wildman–Crippen LogP) is 4.48. The van der Waals surface area contributed by atoms with Crippen molar-refractivity contribution in [3.63, 3.8) is 0 Å². The van der Waals surface area contributed by atoms with Crippen molar-refractivity contribution < 1.29 is 33.3 Å². The molecular weight excluding hydrogens is 385 g/mol. The van der Waals surface area contributed by atoms with Gasteiger partial charge >= 0.3 is 7.60 Å². The summed E-state index contributed by atoms with van der Waals surface area (Å²) >= 11 is 0. The molecule has 0 aliphatic rings. The summed E-state index contributed by atoms with van der Waals surface area (Å²) in [6.07, 6.45) is 4.83. The minimum atomic E-state index is -3.70. The van der Waals surface area contributed by atoms with E-state index < -0.39 is 28.0 Å². The van der Waals surface area contributed by atoms with E-state index in [1.807, 2.05) is 20.8 Å². The summed E-state index contributed by atoms with van der Waals surface area (Å²) in [7, 11) is -10.2. The number of hydrogen-bond acceptors (Lipinski definition) is 3. The Labute approximate surface area is 152 Å². The molecule has 3 atom stereocenters. The van der Waals surface area contributed by atoms with Crippen molar-refractivity contribution in [3.05, 3.63) is 0 Å². The normalized spacial score (nSPS) is 17.8. The Morgan fingerprint density at radius 3 is 1.60 bits per heavy atom. The molecule has 0 saturated carbocycles. The van der Waals surface area contributed by atoms with Crippen LogP contribution >= 0.6 is 22.3 Å². The van der Waals surface area contributed by atoms with Crippen molar-refractivity contribution >= 4 is 22.3 Å². The van der Waals surface area contributed by atoms with Gasteiger partial charge in [0.15, 0.2) is 0 Å². The summed E-state index contributed by atoms with van der Waals surface area (Å²) in [6.45, 7) is 7.49. The lowest BCUT2D eigenvalue weighted by Gasteiger charge is -2.23. The highest BCUT2D eigenvalue weighted by Gasteiger charge is 2.34. The second kappa shape index (κ2) is 13.7. The van der Waals surface area contributed by atoms with Crippen molar-refractivity contribution in [2.24, 2.45) is 0 Å². The summed E-state index contributed by atoms with van der Waals surface area (Å²) in [6, 6.07) is 0. The maximum absolute atomic E-state index is 12.0. The zero-order chi connectivity index (χ0) is 20.1. The molecule has 0 amide bonds. The Morgan fingerprint density at radius 1 is 0.720 bits per heavy atom. The molecule has 0 radical (unpaired) electrons. The number of rotatable bonds is 12. The van der Waals surface area contributed by atoms with Gasteiger partial charge < -0.3 is 19.6 Å². The molecular formula is C15H37O7P3. The van der Waals surface area contributed by atoms with Gasteiger partial charge in [-0.1, -0.05) is 40.5 Å². The van der Waals surface area contributed by atoms with Crippen LogP contribution in [0.25, 0.3) is 0 Å². The zero-order valence-electron chi connectivity index (χ0n) is 16.0. The van der Waals surface area contributed by atoms with Gasteiger partial charge in [-0.25, -0.2) is 0 Å². The van der Waals surface area contributed by atoms with Crippen molar-refractivity contribution in [1.82, 2.24) is 0 Å². The van der Waals surface area contributed by atoms with Gasteiger partial charge in [-0.2, -0.15) is 0 Å². The number of unbranched alkanes of at least 4 members (excludes halogenated alkanes) is 2. The van der Waals surface area contributed by atoms with Crippen LogP contribution in [0.15, 0.2) is 0 Å². The van der Waals surface area contributed by atoms with E-state index in [4.69, 9.17) is 9.79 Å². The van der Waals surface area contributed by atoms with E-state index in [-0.39, 0.29) is 24.6 Å². The van der Waals surface area contributed by atoms with Crippen LogP contribution in [-0.4, -0.2) is 49.9 Å². The van der Waals surface area contributed by atoms with Crippen molar-refractivity contribution in [2.45, 2.75) is 71.9 Å². The van der Waals surface area contributed by atoms with Crippen molar-refractivity contribution in [1.29, 1.82) is 0 Å². The number of hydrogen-bond donors (Lipinski definition) is 4. The molecule has 3 unspecified atom stereocenters. The summed E-state index contributed by atoms with van der Waals surface area (Å²) in [5.74, 6) is 0. The first kappa shape index (κ1) is 27.7. The quantitative estimate of drug-likeness (QED) is 0.269. The van der Waals surface area contributed by atoms with Gasteiger partial charge in [-0.3, -0.25) is 13.7 Å². The van der Waals surface area contributed by atoms with Gasteiger partial charge in [-0.05, 0) is 25.7 Å². The Bertz CT molecular complexity index is 476. The fourth-order valence-electron chi connectivity index (χ4n) is 2.38. The molecule has 0 aliphatic heterocycles. The highest BCUT2D eigenvalue weighted by atomic mass is 31.2. The molecule has 0 aromatic carbocycles. The SMILES string of the molecule is CCCCCP(=O)(O)O.CCCP(=O)(O)CC(CC)P(=O)(O)CCC. The second-order valence-corrected chi connectivity index (χ2v) is 13.4. The standard InChI is InChI=1S/C10H24O4P2.C5H13O3P/c1-4-7-15(11,12)9-10(6-3)16(13,14)8-5-2;1-2-3-4-5-9(6,7)8/h10H,4-9H2,1-3H3,(H,11,12)(H,13,14);2-5H2,1H3,(H2,6,7,8). The van der Waals surface area contributed by atoms with Crippen LogP contribution in [0.3, 0.4) is 0 Å². The molecule has 0 heterocycles. The summed E-state index contributed by atoms with van der Waals surface area (Å²) in [5.41, 5.74) is -0.519. The highest BCUT2D eigenvalue weighted by molar-refractivity contribution is 7.62. The first-order chi connectivity index (χ1) is 11.3. The van der Waals surface area contributed by atoms with Gasteiger partial charge in [0, 0.05) is 30.3 Å². The Balaban J connectivity index is 0. The third-order valence-electron chi connectivity index (χ3n) is 3.71. The van der Waals surface area contributed by atoms with Crippen molar-refractivity contribution in [2.75, 3.05) is 24.6 Å². The average Bonchev–Trinajstić information content (AvgIpc) is 2.44. The van der Waals surface area contributed by atoms with E-state index in [0.29, 0.717) is 25.7 Å². The van der Waals surface area contributed by atoms with Crippen molar-refractivity contribution in [3.8, 4) is 0 Å².